The minimum absolute atomic E-state index is 0.0152. The largest absolute Gasteiger partial charge is 0.352 e. The predicted octanol–water partition coefficient (Wildman–Crippen LogP) is 4.59. The molecule has 0 spiro atoms. The lowest BCUT2D eigenvalue weighted by Gasteiger charge is -2.29. The van der Waals surface area contributed by atoms with Crippen molar-refractivity contribution >= 4 is 11.7 Å². The molecule has 29 heavy (non-hydrogen) atoms. The van der Waals surface area contributed by atoms with E-state index in [4.69, 9.17) is 0 Å². The lowest BCUT2D eigenvalue weighted by atomic mass is 10.1. The molecule has 2 aromatic rings. The fourth-order valence-corrected chi connectivity index (χ4v) is 3.21. The molecule has 1 unspecified atom stereocenters. The van der Waals surface area contributed by atoms with Gasteiger partial charge in [-0.2, -0.15) is 0 Å². The Morgan fingerprint density at radius 2 is 1.62 bits per heavy atom. The number of hydrogen-bond donors (Lipinski definition) is 1. The first kappa shape index (κ1) is 22.8. The number of nitrogens with zero attached hydrogens (tertiary/aromatic N) is 1. The van der Waals surface area contributed by atoms with Crippen LogP contribution >= 0.6 is 0 Å². The van der Waals surface area contributed by atoms with E-state index in [1.165, 1.54) is 29.8 Å². The Morgan fingerprint density at radius 3 is 2.24 bits per heavy atom. The van der Waals surface area contributed by atoms with Gasteiger partial charge in [0.2, 0.25) is 5.91 Å². The highest BCUT2D eigenvalue weighted by molar-refractivity contribution is 5.96. The third-order valence-corrected chi connectivity index (χ3v) is 4.85. The summed E-state index contributed by atoms with van der Waals surface area (Å²) in [5.41, 5.74) is 1.73. The normalized spacial score (nSPS) is 12.2. The molecule has 0 saturated carbocycles. The van der Waals surface area contributed by atoms with Gasteiger partial charge in [0.1, 0.15) is 5.82 Å². The topological polar surface area (TPSA) is 49.4 Å². The van der Waals surface area contributed by atoms with Gasteiger partial charge in [-0.05, 0) is 57.0 Å². The van der Waals surface area contributed by atoms with Crippen LogP contribution in [0.5, 0.6) is 0 Å². The molecule has 1 atom stereocenters. The fourth-order valence-electron chi connectivity index (χ4n) is 3.21. The van der Waals surface area contributed by atoms with E-state index >= 15 is 0 Å². The zero-order valence-corrected chi connectivity index (χ0v) is 17.5. The Morgan fingerprint density at radius 1 is 0.966 bits per heavy atom. The second kappa shape index (κ2) is 11.5. The van der Waals surface area contributed by atoms with Crippen molar-refractivity contribution < 1.29 is 14.0 Å². The number of carbonyl (C=O) groups excluding carboxylic acids is 2. The van der Waals surface area contributed by atoms with Crippen molar-refractivity contribution in [2.75, 3.05) is 6.54 Å². The number of carbonyl (C=O) groups is 2. The molecule has 0 aliphatic carbocycles. The molecule has 0 aliphatic heterocycles. The van der Waals surface area contributed by atoms with Crippen molar-refractivity contribution in [3.63, 3.8) is 0 Å². The number of amides is 1. The number of Topliss-reactive ketones (excluding diaryl/α,β-unsaturated/α-hetero) is 1. The molecule has 5 heteroatoms. The number of benzene rings is 2. The first-order valence-corrected chi connectivity index (χ1v) is 10.2. The molecule has 0 fully saturated rings. The van der Waals surface area contributed by atoms with E-state index in [0.717, 1.165) is 13.1 Å². The zero-order valence-electron chi connectivity index (χ0n) is 17.5. The van der Waals surface area contributed by atoms with E-state index in [2.05, 4.69) is 36.2 Å². The summed E-state index contributed by atoms with van der Waals surface area (Å²) in [5.74, 6) is -0.481. The summed E-state index contributed by atoms with van der Waals surface area (Å²) in [4.78, 5) is 26.7. The summed E-state index contributed by atoms with van der Waals surface area (Å²) in [6, 6.07) is 16.2. The minimum Gasteiger partial charge on any atom is -0.352 e. The Labute approximate surface area is 173 Å². The monoisotopic (exact) mass is 398 g/mol. The zero-order chi connectivity index (χ0) is 21.2. The fraction of sp³-hybridized carbons (Fsp3) is 0.417. The quantitative estimate of drug-likeness (QED) is 0.563. The van der Waals surface area contributed by atoms with Crippen molar-refractivity contribution in [2.24, 2.45) is 0 Å². The first-order chi connectivity index (χ1) is 13.8. The van der Waals surface area contributed by atoms with Gasteiger partial charge in [-0.1, -0.05) is 30.3 Å². The third-order valence-electron chi connectivity index (χ3n) is 4.85. The average Bonchev–Trinajstić information content (AvgIpc) is 2.68. The molecule has 0 aliphatic rings. The Bertz CT molecular complexity index is 775. The van der Waals surface area contributed by atoms with Crippen LogP contribution in [-0.2, 0) is 11.3 Å². The van der Waals surface area contributed by atoms with Crippen LogP contribution in [0.2, 0.25) is 0 Å². The summed E-state index contributed by atoms with van der Waals surface area (Å²) >= 11 is 0. The highest BCUT2D eigenvalue weighted by atomic mass is 19.1. The van der Waals surface area contributed by atoms with Gasteiger partial charge in [0, 0.05) is 43.6 Å². The number of halogens is 1. The van der Waals surface area contributed by atoms with Gasteiger partial charge in [0.15, 0.2) is 5.78 Å². The van der Waals surface area contributed by atoms with Crippen molar-refractivity contribution in [2.45, 2.75) is 58.7 Å². The van der Waals surface area contributed by atoms with Gasteiger partial charge in [-0.3, -0.25) is 14.5 Å². The molecule has 4 nitrogen and oxygen atoms in total. The Balaban J connectivity index is 1.74. The maximum atomic E-state index is 12.9. The van der Waals surface area contributed by atoms with E-state index in [1.54, 1.807) is 0 Å². The molecule has 0 heterocycles. The lowest BCUT2D eigenvalue weighted by molar-refractivity contribution is -0.121. The second-order valence-electron chi connectivity index (χ2n) is 7.76. The number of hydrogen-bond acceptors (Lipinski definition) is 3. The van der Waals surface area contributed by atoms with Gasteiger partial charge >= 0.3 is 0 Å². The molecular formula is C24H31FN2O2. The molecule has 0 aromatic heterocycles. The highest BCUT2D eigenvalue weighted by Gasteiger charge is 2.16. The number of rotatable bonds is 11. The predicted molar refractivity (Wildman–Crippen MR) is 114 cm³/mol. The molecule has 1 amide bonds. The maximum absolute atomic E-state index is 12.9. The Kier molecular flexibility index (Phi) is 9.00. The van der Waals surface area contributed by atoms with E-state index < -0.39 is 0 Å². The van der Waals surface area contributed by atoms with Crippen molar-refractivity contribution in [1.29, 1.82) is 0 Å². The van der Waals surface area contributed by atoms with Crippen LogP contribution in [0, 0.1) is 5.82 Å². The van der Waals surface area contributed by atoms with Gasteiger partial charge in [0.05, 0.1) is 0 Å². The SMILES string of the molecule is CC(CN(Cc1ccccc1)C(C)C)NC(=O)CCCC(=O)c1ccc(F)cc1. The molecule has 0 saturated heterocycles. The molecule has 2 rings (SSSR count). The van der Waals surface area contributed by atoms with Crippen molar-refractivity contribution in [1.82, 2.24) is 10.2 Å². The molecule has 0 radical (unpaired) electrons. The maximum Gasteiger partial charge on any atom is 0.220 e. The number of ketones is 1. The van der Waals surface area contributed by atoms with E-state index in [0.29, 0.717) is 24.4 Å². The van der Waals surface area contributed by atoms with Crippen LogP contribution in [0.1, 0.15) is 56.0 Å². The van der Waals surface area contributed by atoms with Crippen LogP contribution in [0.15, 0.2) is 54.6 Å². The van der Waals surface area contributed by atoms with E-state index in [1.807, 2.05) is 25.1 Å². The summed E-state index contributed by atoms with van der Waals surface area (Å²) in [6.45, 7) is 7.90. The second-order valence-corrected chi connectivity index (χ2v) is 7.76. The minimum atomic E-state index is -0.363. The summed E-state index contributed by atoms with van der Waals surface area (Å²) in [7, 11) is 0. The molecule has 2 aromatic carbocycles. The summed E-state index contributed by atoms with van der Waals surface area (Å²) in [5, 5.41) is 3.03. The van der Waals surface area contributed by atoms with E-state index in [-0.39, 0.29) is 30.0 Å². The molecular weight excluding hydrogens is 367 g/mol. The summed E-state index contributed by atoms with van der Waals surface area (Å²) in [6.07, 6.45) is 1.06. The Hall–Kier alpha value is -2.53. The van der Waals surface area contributed by atoms with Crippen molar-refractivity contribution in [3.05, 3.63) is 71.5 Å². The summed E-state index contributed by atoms with van der Waals surface area (Å²) < 4.78 is 12.9. The molecule has 0 bridgehead atoms. The van der Waals surface area contributed by atoms with E-state index in [9.17, 15) is 14.0 Å². The number of nitrogens with one attached hydrogen (secondary N) is 1. The van der Waals surface area contributed by atoms with Gasteiger partial charge in [-0.25, -0.2) is 4.39 Å². The molecule has 1 N–H and O–H groups in total. The lowest BCUT2D eigenvalue weighted by Crippen LogP contribution is -2.44. The van der Waals surface area contributed by atoms with Crippen molar-refractivity contribution in [3.8, 4) is 0 Å². The van der Waals surface area contributed by atoms with Crippen LogP contribution in [0.25, 0.3) is 0 Å². The van der Waals surface area contributed by atoms with Crippen LogP contribution < -0.4 is 5.32 Å². The third kappa shape index (κ3) is 8.16. The average molecular weight is 399 g/mol. The van der Waals surface area contributed by atoms with Gasteiger partial charge < -0.3 is 5.32 Å². The highest BCUT2D eigenvalue weighted by Crippen LogP contribution is 2.10. The van der Waals surface area contributed by atoms with Gasteiger partial charge in [-0.15, -0.1) is 0 Å². The first-order valence-electron chi connectivity index (χ1n) is 10.2. The smallest absolute Gasteiger partial charge is 0.220 e. The van der Waals surface area contributed by atoms with Crippen LogP contribution in [0.3, 0.4) is 0 Å². The van der Waals surface area contributed by atoms with Gasteiger partial charge in [0.25, 0.3) is 0 Å². The standard InChI is InChI=1S/C24H31FN2O2/c1-18(2)27(17-20-8-5-4-6-9-20)16-19(3)26-24(29)11-7-10-23(28)21-12-14-22(25)15-13-21/h4-6,8-9,12-15,18-19H,7,10-11,16-17H2,1-3H3,(H,26,29). The molecule has 156 valence electrons. The van der Waals surface area contributed by atoms with Crippen LogP contribution in [-0.4, -0.2) is 35.2 Å². The van der Waals surface area contributed by atoms with Crippen LogP contribution in [0.4, 0.5) is 4.39 Å².